The molecule has 7 heteroatoms. The minimum Gasteiger partial charge on any atom is -0.497 e. The minimum absolute atomic E-state index is 0.0678. The fraction of sp³-hybridized carbons (Fsp3) is 0.615. The van der Waals surface area contributed by atoms with E-state index in [1.807, 2.05) is 26.0 Å². The van der Waals surface area contributed by atoms with E-state index in [2.05, 4.69) is 22.9 Å². The molecular weight excluding hydrogens is 420 g/mol. The highest BCUT2D eigenvalue weighted by Crippen LogP contribution is 2.61. The first-order valence-electron chi connectivity index (χ1n) is 11.7. The average Bonchev–Trinajstić information content (AvgIpc) is 3.17. The number of hydrogen-bond donors (Lipinski definition) is 2. The lowest BCUT2D eigenvalue weighted by atomic mass is 9.49. The Morgan fingerprint density at radius 3 is 2.61 bits per heavy atom. The maximum Gasteiger partial charge on any atom is 0.309 e. The molecule has 180 valence electrons. The van der Waals surface area contributed by atoms with Gasteiger partial charge in [0.2, 0.25) is 0 Å². The molecule has 0 radical (unpaired) electrons. The second-order valence-corrected chi connectivity index (χ2v) is 10.5. The molecule has 3 heterocycles. The highest BCUT2D eigenvalue weighted by molar-refractivity contribution is 5.86. The van der Waals surface area contributed by atoms with Gasteiger partial charge in [-0.25, -0.2) is 0 Å². The van der Waals surface area contributed by atoms with E-state index in [1.165, 1.54) is 18.1 Å². The Morgan fingerprint density at radius 1 is 1.27 bits per heavy atom. The molecule has 0 aliphatic carbocycles. The monoisotopic (exact) mass is 456 g/mol. The van der Waals surface area contributed by atoms with Crippen LogP contribution in [0.15, 0.2) is 18.2 Å². The Hall–Kier alpha value is -2.38. The molecule has 1 fully saturated rings. The standard InChI is InChI=1S/C26H36N2O5/c1-16(30)25(3)15-28-11-9-19-18-8-7-17(32-5)13-21(18)27-22(19)26(28,4)14-24(25,2)20(10-12-29)23(31)33-6/h7-8,12-13,16,20,27,30H,9-11,14-15H2,1-6H3. The number of piperidine rings is 1. The van der Waals surface area contributed by atoms with Crippen LogP contribution in [0.5, 0.6) is 5.75 Å². The first-order valence-corrected chi connectivity index (χ1v) is 11.7. The molecule has 7 nitrogen and oxygen atoms in total. The highest BCUT2D eigenvalue weighted by atomic mass is 16.5. The number of carbonyl (C=O) groups excluding carboxylic acids is 2. The lowest BCUT2D eigenvalue weighted by Crippen LogP contribution is -2.68. The van der Waals surface area contributed by atoms with Crippen molar-refractivity contribution in [2.24, 2.45) is 16.7 Å². The summed E-state index contributed by atoms with van der Waals surface area (Å²) in [6.07, 6.45) is 1.70. The van der Waals surface area contributed by atoms with E-state index in [-0.39, 0.29) is 6.42 Å². The van der Waals surface area contributed by atoms with Crippen molar-refractivity contribution in [2.75, 3.05) is 27.3 Å². The lowest BCUT2D eigenvalue weighted by molar-refractivity contribution is -0.193. The van der Waals surface area contributed by atoms with Crippen molar-refractivity contribution in [3.05, 3.63) is 29.5 Å². The van der Waals surface area contributed by atoms with Gasteiger partial charge in [0.25, 0.3) is 0 Å². The van der Waals surface area contributed by atoms with Gasteiger partial charge in [-0.3, -0.25) is 9.69 Å². The topological polar surface area (TPSA) is 91.9 Å². The number of H-pyrrole nitrogens is 1. The van der Waals surface area contributed by atoms with Gasteiger partial charge in [-0.1, -0.05) is 13.8 Å². The summed E-state index contributed by atoms with van der Waals surface area (Å²) in [7, 11) is 3.03. The van der Waals surface area contributed by atoms with Gasteiger partial charge < -0.3 is 24.4 Å². The van der Waals surface area contributed by atoms with E-state index in [1.54, 1.807) is 14.0 Å². The van der Waals surface area contributed by atoms with Crippen LogP contribution in [-0.4, -0.2) is 60.7 Å². The average molecular weight is 457 g/mol. The number of aliphatic hydroxyl groups is 1. The van der Waals surface area contributed by atoms with E-state index < -0.39 is 34.4 Å². The number of nitrogens with one attached hydrogen (secondary N) is 1. The van der Waals surface area contributed by atoms with Crippen LogP contribution in [0.25, 0.3) is 10.9 Å². The summed E-state index contributed by atoms with van der Waals surface area (Å²) in [6.45, 7) is 9.57. The number of esters is 1. The van der Waals surface area contributed by atoms with E-state index in [9.17, 15) is 14.7 Å². The Morgan fingerprint density at radius 2 is 2.00 bits per heavy atom. The fourth-order valence-corrected chi connectivity index (χ4v) is 6.67. The molecule has 5 atom stereocenters. The quantitative estimate of drug-likeness (QED) is 0.511. The molecule has 1 saturated heterocycles. The number of aromatic nitrogens is 1. The van der Waals surface area contributed by atoms with Crippen molar-refractivity contribution in [3.8, 4) is 5.75 Å². The zero-order valence-corrected chi connectivity index (χ0v) is 20.5. The summed E-state index contributed by atoms with van der Waals surface area (Å²) in [6, 6.07) is 6.11. The molecule has 2 aliphatic rings. The van der Waals surface area contributed by atoms with E-state index in [0.717, 1.165) is 36.2 Å². The van der Waals surface area contributed by atoms with Crippen molar-refractivity contribution < 1.29 is 24.2 Å². The normalized spacial score (nSPS) is 31.4. The first kappa shape index (κ1) is 23.8. The number of nitrogens with zero attached hydrogens (tertiary/aromatic N) is 1. The van der Waals surface area contributed by atoms with Gasteiger partial charge >= 0.3 is 5.97 Å². The summed E-state index contributed by atoms with van der Waals surface area (Å²) in [5, 5.41) is 12.2. The number of ether oxygens (including phenoxy) is 2. The van der Waals surface area contributed by atoms with Gasteiger partial charge in [0.15, 0.2) is 0 Å². The van der Waals surface area contributed by atoms with Crippen molar-refractivity contribution in [1.82, 2.24) is 9.88 Å². The number of benzene rings is 1. The minimum atomic E-state index is -0.677. The van der Waals surface area contributed by atoms with Crippen LogP contribution < -0.4 is 4.74 Å². The lowest BCUT2D eigenvalue weighted by Gasteiger charge is -2.64. The van der Waals surface area contributed by atoms with Gasteiger partial charge in [-0.2, -0.15) is 0 Å². The third kappa shape index (κ3) is 3.31. The highest BCUT2D eigenvalue weighted by Gasteiger charge is 2.63. The number of aliphatic hydroxyl groups excluding tert-OH is 1. The molecular formula is C26H36N2O5. The SMILES string of the molecule is COC(=O)C(CC=O)C1(C)CC2(C)c3[nH]c4cc(OC)ccc4c3CCN2CC1(C)C(C)O. The van der Waals surface area contributed by atoms with E-state index >= 15 is 0 Å². The molecule has 2 N–H and O–H groups in total. The van der Waals surface area contributed by atoms with E-state index in [0.29, 0.717) is 13.0 Å². The third-order valence-corrected chi connectivity index (χ3v) is 9.03. The third-order valence-electron chi connectivity index (χ3n) is 9.03. The van der Waals surface area contributed by atoms with Crippen LogP contribution >= 0.6 is 0 Å². The number of carbonyl (C=O) groups is 2. The van der Waals surface area contributed by atoms with Crippen LogP contribution in [0.1, 0.15) is 51.8 Å². The number of methoxy groups -OCH3 is 2. The second kappa shape index (κ2) is 8.13. The summed E-state index contributed by atoms with van der Waals surface area (Å²) in [5.74, 6) is -0.241. The zero-order valence-electron chi connectivity index (χ0n) is 20.5. The second-order valence-electron chi connectivity index (χ2n) is 10.5. The van der Waals surface area contributed by atoms with Gasteiger partial charge in [0.05, 0.1) is 31.8 Å². The first-order chi connectivity index (χ1) is 15.6. The molecule has 4 rings (SSSR count). The number of aromatic amines is 1. The summed E-state index contributed by atoms with van der Waals surface area (Å²) in [5.41, 5.74) is 1.79. The van der Waals surface area contributed by atoms with Crippen molar-refractivity contribution >= 4 is 23.2 Å². The largest absolute Gasteiger partial charge is 0.497 e. The molecule has 1 aromatic heterocycles. The smallest absolute Gasteiger partial charge is 0.309 e. The molecule has 33 heavy (non-hydrogen) atoms. The maximum absolute atomic E-state index is 12.9. The van der Waals surface area contributed by atoms with Crippen LogP contribution in [0.3, 0.4) is 0 Å². The van der Waals surface area contributed by atoms with Crippen LogP contribution in [0.4, 0.5) is 0 Å². The number of fused-ring (bicyclic) bond motifs is 5. The van der Waals surface area contributed by atoms with Crippen molar-refractivity contribution in [1.29, 1.82) is 0 Å². The predicted molar refractivity (Wildman–Crippen MR) is 126 cm³/mol. The summed E-state index contributed by atoms with van der Waals surface area (Å²) in [4.78, 5) is 30.7. The molecule has 5 unspecified atom stereocenters. The van der Waals surface area contributed by atoms with Crippen molar-refractivity contribution in [2.45, 2.75) is 58.6 Å². The summed E-state index contributed by atoms with van der Waals surface area (Å²) >= 11 is 0. The van der Waals surface area contributed by atoms with Gasteiger partial charge in [0, 0.05) is 47.6 Å². The molecule has 0 bridgehead atoms. The van der Waals surface area contributed by atoms with Crippen LogP contribution in [-0.2, 0) is 26.3 Å². The Bertz CT molecular complexity index is 1080. The summed E-state index contributed by atoms with van der Waals surface area (Å²) < 4.78 is 10.6. The molecule has 0 saturated carbocycles. The maximum atomic E-state index is 12.9. The molecule has 0 amide bonds. The Kier molecular flexibility index (Phi) is 5.86. The molecule has 2 aromatic rings. The molecule has 2 aliphatic heterocycles. The van der Waals surface area contributed by atoms with Gasteiger partial charge in [-0.15, -0.1) is 0 Å². The van der Waals surface area contributed by atoms with Crippen LogP contribution in [0, 0.1) is 16.7 Å². The molecule has 0 spiro atoms. The Labute approximate surface area is 195 Å². The zero-order chi connectivity index (χ0) is 24.2. The molecule has 1 aromatic carbocycles. The van der Waals surface area contributed by atoms with Gasteiger partial charge in [-0.05, 0) is 49.8 Å². The fourth-order valence-electron chi connectivity index (χ4n) is 6.67. The van der Waals surface area contributed by atoms with Crippen LogP contribution in [0.2, 0.25) is 0 Å². The van der Waals surface area contributed by atoms with E-state index in [4.69, 9.17) is 9.47 Å². The van der Waals surface area contributed by atoms with Crippen molar-refractivity contribution in [3.63, 3.8) is 0 Å². The van der Waals surface area contributed by atoms with Gasteiger partial charge in [0.1, 0.15) is 12.0 Å². The number of rotatable bonds is 6. The number of hydrogen-bond acceptors (Lipinski definition) is 6. The number of aldehydes is 1. The Balaban J connectivity index is 1.89. The predicted octanol–water partition coefficient (Wildman–Crippen LogP) is 3.43.